The fourth-order valence-corrected chi connectivity index (χ4v) is 8.46. The topological polar surface area (TPSA) is 108 Å². The van der Waals surface area contributed by atoms with Crippen molar-refractivity contribution in [2.45, 2.75) is 63.4 Å². The molecule has 0 N–H and O–H groups in total. The maximum Gasteiger partial charge on any atom is 0.165 e. The van der Waals surface area contributed by atoms with Gasteiger partial charge in [-0.2, -0.15) is 10.5 Å². The number of rotatable bonds is 5. The van der Waals surface area contributed by atoms with Gasteiger partial charge in [-0.25, -0.2) is 9.97 Å². The van der Waals surface area contributed by atoms with Gasteiger partial charge in [0.05, 0.1) is 22.5 Å². The average molecular weight is 615 g/mol. The third-order valence-corrected chi connectivity index (χ3v) is 10.3. The molecule has 6 nitrogen and oxygen atoms in total. The zero-order chi connectivity index (χ0) is 31.2. The number of nitriles is 2. The maximum absolute atomic E-state index is 13.5. The number of nitrogens with zero attached hydrogens (tertiary/aromatic N) is 4. The largest absolute Gasteiger partial charge is 0.294 e. The lowest BCUT2D eigenvalue weighted by Crippen LogP contribution is -2.29. The van der Waals surface area contributed by atoms with E-state index in [1.165, 1.54) is 21.6 Å². The minimum absolute atomic E-state index is 0.00814. The molecule has 2 aromatic carbocycles. The summed E-state index contributed by atoms with van der Waals surface area (Å²) in [5, 5.41) is 21.9. The summed E-state index contributed by atoms with van der Waals surface area (Å²) in [7, 11) is 2.53. The van der Waals surface area contributed by atoms with E-state index in [4.69, 9.17) is 9.97 Å². The second kappa shape index (κ2) is 11.4. The van der Waals surface area contributed by atoms with Crippen LogP contribution in [-0.2, 0) is 12.8 Å². The smallest absolute Gasteiger partial charge is 0.165 e. The van der Waals surface area contributed by atoms with E-state index < -0.39 is 0 Å². The van der Waals surface area contributed by atoms with Crippen LogP contribution in [0.15, 0.2) is 70.7 Å². The van der Waals surface area contributed by atoms with Gasteiger partial charge >= 0.3 is 0 Å². The summed E-state index contributed by atoms with van der Waals surface area (Å²) in [6.07, 6.45) is 1.98. The Morgan fingerprint density at radius 1 is 0.591 bits per heavy atom. The van der Waals surface area contributed by atoms with Crippen LogP contribution < -0.4 is 0 Å². The van der Waals surface area contributed by atoms with Gasteiger partial charge in [-0.05, 0) is 56.4 Å². The Morgan fingerprint density at radius 2 is 0.955 bits per heavy atom. The first kappa shape index (κ1) is 29.8. The summed E-state index contributed by atoms with van der Waals surface area (Å²) >= 11 is 0. The molecule has 0 saturated heterocycles. The Bertz CT molecular complexity index is 1780. The Morgan fingerprint density at radius 3 is 1.30 bits per heavy atom. The predicted octanol–water partition coefficient (Wildman–Crippen LogP) is 8.66. The molecule has 2 aliphatic carbocycles. The fraction of sp³-hybridized carbons (Fsp3) is 0.278. The van der Waals surface area contributed by atoms with Crippen molar-refractivity contribution in [2.75, 3.05) is 0 Å². The minimum atomic E-state index is -0.258. The van der Waals surface area contributed by atoms with Crippen molar-refractivity contribution in [2.24, 2.45) is 10.8 Å². The van der Waals surface area contributed by atoms with Crippen LogP contribution in [0.1, 0.15) is 83.8 Å². The van der Waals surface area contributed by atoms with Gasteiger partial charge in [0, 0.05) is 35.1 Å². The van der Waals surface area contributed by atoms with Crippen LogP contribution in [0, 0.1) is 33.5 Å². The Hall–Kier alpha value is -4.24. The molecular formula is C36H30N4O2S2. The molecule has 0 atom stereocenters. The van der Waals surface area contributed by atoms with Crippen LogP contribution in [0.25, 0.3) is 22.3 Å². The summed E-state index contributed by atoms with van der Waals surface area (Å²) in [6, 6.07) is 23.7. The molecule has 6 rings (SSSR count). The molecule has 0 spiro atoms. The zero-order valence-electron chi connectivity index (χ0n) is 25.0. The highest BCUT2D eigenvalue weighted by atomic mass is 33.1. The highest BCUT2D eigenvalue weighted by molar-refractivity contribution is 8.76. The highest BCUT2D eigenvalue weighted by Gasteiger charge is 2.38. The number of hydrogen-bond donors (Lipinski definition) is 0. The van der Waals surface area contributed by atoms with E-state index in [0.29, 0.717) is 80.5 Å². The molecule has 0 aliphatic heterocycles. The number of hydrogen-bond acceptors (Lipinski definition) is 8. The van der Waals surface area contributed by atoms with E-state index in [2.05, 4.69) is 39.8 Å². The van der Waals surface area contributed by atoms with Crippen LogP contribution >= 0.6 is 21.6 Å². The van der Waals surface area contributed by atoms with E-state index in [0.717, 1.165) is 11.1 Å². The number of ketones is 2. The predicted molar refractivity (Wildman–Crippen MR) is 173 cm³/mol. The van der Waals surface area contributed by atoms with Gasteiger partial charge in [0.15, 0.2) is 11.6 Å². The molecule has 44 heavy (non-hydrogen) atoms. The minimum Gasteiger partial charge on any atom is -0.294 e. The molecule has 218 valence electrons. The highest BCUT2D eigenvalue weighted by Crippen LogP contribution is 2.48. The van der Waals surface area contributed by atoms with Crippen molar-refractivity contribution in [1.82, 2.24) is 9.97 Å². The second-order valence-corrected chi connectivity index (χ2v) is 15.1. The SMILES string of the molecule is CC1(C)CC(=O)c2c(nc(SSc3nc4c(c(-c5ccccc5)c3C#N)C(=O)CC(C)(C)C4)c(C#N)c2-c2ccccc2)C1. The van der Waals surface area contributed by atoms with E-state index in [1.807, 2.05) is 60.7 Å². The van der Waals surface area contributed by atoms with Crippen molar-refractivity contribution in [1.29, 1.82) is 10.5 Å². The first-order chi connectivity index (χ1) is 21.0. The molecule has 0 bridgehead atoms. The van der Waals surface area contributed by atoms with E-state index in [1.54, 1.807) is 0 Å². The van der Waals surface area contributed by atoms with Crippen molar-refractivity contribution < 1.29 is 9.59 Å². The lowest BCUT2D eigenvalue weighted by molar-refractivity contribution is 0.0901. The van der Waals surface area contributed by atoms with Crippen molar-refractivity contribution in [3.05, 3.63) is 94.3 Å². The van der Waals surface area contributed by atoms with Crippen LogP contribution in [0.2, 0.25) is 0 Å². The molecule has 2 aliphatic rings. The van der Waals surface area contributed by atoms with Crippen LogP contribution in [0.5, 0.6) is 0 Å². The van der Waals surface area contributed by atoms with Gasteiger partial charge in [0.1, 0.15) is 22.2 Å². The van der Waals surface area contributed by atoms with Crippen molar-refractivity contribution in [3.8, 4) is 34.4 Å². The third-order valence-electron chi connectivity index (χ3n) is 8.15. The molecule has 0 radical (unpaired) electrons. The van der Waals surface area contributed by atoms with Gasteiger partial charge in [-0.1, -0.05) is 88.4 Å². The number of pyridine rings is 2. The summed E-state index contributed by atoms with van der Waals surface area (Å²) in [6.45, 7) is 8.23. The summed E-state index contributed by atoms with van der Waals surface area (Å²) < 4.78 is 0. The monoisotopic (exact) mass is 614 g/mol. The molecule has 8 heteroatoms. The van der Waals surface area contributed by atoms with Crippen molar-refractivity contribution in [3.63, 3.8) is 0 Å². The third kappa shape index (κ3) is 5.45. The quantitative estimate of drug-likeness (QED) is 0.206. The number of carbonyl (C=O) groups is 2. The van der Waals surface area contributed by atoms with Gasteiger partial charge in [0.2, 0.25) is 0 Å². The second-order valence-electron chi connectivity index (χ2n) is 13.0. The Labute approximate surface area is 265 Å². The van der Waals surface area contributed by atoms with Crippen molar-refractivity contribution >= 4 is 33.2 Å². The molecule has 0 fully saturated rings. The van der Waals surface area contributed by atoms with E-state index in [-0.39, 0.29) is 22.4 Å². The van der Waals surface area contributed by atoms with Gasteiger partial charge < -0.3 is 0 Å². The average Bonchev–Trinajstić information content (AvgIpc) is 2.98. The molecule has 0 unspecified atom stereocenters. The molecule has 0 amide bonds. The first-order valence-corrected chi connectivity index (χ1v) is 16.6. The molecule has 4 aromatic rings. The lowest BCUT2D eigenvalue weighted by Gasteiger charge is -2.32. The summed E-state index contributed by atoms with van der Waals surface area (Å²) in [4.78, 5) is 36.8. The first-order valence-electron chi connectivity index (χ1n) is 14.5. The molecule has 0 saturated carbocycles. The van der Waals surface area contributed by atoms with Crippen LogP contribution in [-0.4, -0.2) is 21.5 Å². The maximum atomic E-state index is 13.5. The van der Waals surface area contributed by atoms with Crippen LogP contribution in [0.3, 0.4) is 0 Å². The number of benzene rings is 2. The van der Waals surface area contributed by atoms with Gasteiger partial charge in [-0.3, -0.25) is 9.59 Å². The molecule has 2 heterocycles. The number of Topliss-reactive ketones (excluding diaryl/α,β-unsaturated/α-hetero) is 2. The zero-order valence-corrected chi connectivity index (χ0v) is 26.7. The van der Waals surface area contributed by atoms with Crippen LogP contribution in [0.4, 0.5) is 0 Å². The fourth-order valence-electron chi connectivity index (χ4n) is 6.35. The lowest BCUT2D eigenvalue weighted by atomic mass is 9.73. The Balaban J connectivity index is 1.52. The van der Waals surface area contributed by atoms with E-state index in [9.17, 15) is 20.1 Å². The summed E-state index contributed by atoms with van der Waals surface area (Å²) in [5.41, 5.74) is 5.36. The summed E-state index contributed by atoms with van der Waals surface area (Å²) in [5.74, 6) is -0.0163. The van der Waals surface area contributed by atoms with Gasteiger partial charge in [0.25, 0.3) is 0 Å². The Kier molecular flexibility index (Phi) is 7.70. The number of carbonyl (C=O) groups excluding carboxylic acids is 2. The molecular weight excluding hydrogens is 585 g/mol. The number of aromatic nitrogens is 2. The number of fused-ring (bicyclic) bond motifs is 2. The normalized spacial score (nSPS) is 16.4. The van der Waals surface area contributed by atoms with Gasteiger partial charge in [-0.15, -0.1) is 0 Å². The van der Waals surface area contributed by atoms with E-state index >= 15 is 0 Å². The molecule has 2 aromatic heterocycles. The standard InChI is InChI=1S/C36H30N4O2S2/c1-35(2)15-25-31(27(41)17-35)29(21-11-7-5-8-12-21)23(19-37)33(39-25)43-44-34-24(20-38)30(22-13-9-6-10-14-22)32-26(40-34)16-36(3,4)18-28(32)42/h5-14H,15-18H2,1-4H3.